The standard InChI is InChI=1S/C16H22FN3/c1-4-8-18-10-13-11-19-20(16(13)12(2)3)15-7-5-6-14(17)9-15/h5-7,9,11-12,18H,4,8,10H2,1-3H3. The predicted octanol–water partition coefficient (Wildman–Crippen LogP) is 3.63. The topological polar surface area (TPSA) is 29.9 Å². The van der Waals surface area contributed by atoms with Crippen molar-refractivity contribution in [3.05, 3.63) is 47.5 Å². The lowest BCUT2D eigenvalue weighted by Crippen LogP contribution is -2.15. The van der Waals surface area contributed by atoms with Gasteiger partial charge in [0.2, 0.25) is 0 Å². The molecule has 1 heterocycles. The van der Waals surface area contributed by atoms with Crippen LogP contribution in [-0.4, -0.2) is 16.3 Å². The first-order chi connectivity index (χ1) is 9.63. The maximum atomic E-state index is 13.4. The van der Waals surface area contributed by atoms with E-state index in [1.807, 2.05) is 16.9 Å². The van der Waals surface area contributed by atoms with Gasteiger partial charge < -0.3 is 5.32 Å². The zero-order valence-corrected chi connectivity index (χ0v) is 12.4. The molecule has 1 aromatic heterocycles. The second-order valence-electron chi connectivity index (χ2n) is 5.28. The Hall–Kier alpha value is -1.68. The molecule has 3 nitrogen and oxygen atoms in total. The highest BCUT2D eigenvalue weighted by molar-refractivity contribution is 5.36. The molecule has 0 saturated carbocycles. The largest absolute Gasteiger partial charge is 0.313 e. The van der Waals surface area contributed by atoms with E-state index in [0.717, 1.165) is 30.9 Å². The van der Waals surface area contributed by atoms with E-state index < -0.39 is 0 Å². The third-order valence-electron chi connectivity index (χ3n) is 3.23. The Labute approximate surface area is 119 Å². The van der Waals surface area contributed by atoms with E-state index in [4.69, 9.17) is 0 Å². The van der Waals surface area contributed by atoms with Crippen molar-refractivity contribution in [2.24, 2.45) is 0 Å². The van der Waals surface area contributed by atoms with E-state index >= 15 is 0 Å². The van der Waals surface area contributed by atoms with Crippen molar-refractivity contribution in [3.63, 3.8) is 0 Å². The summed E-state index contributed by atoms with van der Waals surface area (Å²) >= 11 is 0. The van der Waals surface area contributed by atoms with Gasteiger partial charge in [-0.3, -0.25) is 0 Å². The molecule has 0 aliphatic carbocycles. The normalized spacial score (nSPS) is 11.2. The number of nitrogens with zero attached hydrogens (tertiary/aromatic N) is 2. The van der Waals surface area contributed by atoms with E-state index in [1.54, 1.807) is 6.07 Å². The Morgan fingerprint density at radius 1 is 1.35 bits per heavy atom. The summed E-state index contributed by atoms with van der Waals surface area (Å²) in [6.07, 6.45) is 2.98. The molecule has 0 radical (unpaired) electrons. The van der Waals surface area contributed by atoms with Crippen LogP contribution in [0.1, 0.15) is 44.4 Å². The van der Waals surface area contributed by atoms with Crippen molar-refractivity contribution in [3.8, 4) is 5.69 Å². The van der Waals surface area contributed by atoms with Gasteiger partial charge in [0.1, 0.15) is 5.82 Å². The van der Waals surface area contributed by atoms with Gasteiger partial charge in [-0.05, 0) is 37.1 Å². The molecule has 0 aliphatic rings. The lowest BCUT2D eigenvalue weighted by atomic mass is 10.1. The van der Waals surface area contributed by atoms with Gasteiger partial charge in [0.25, 0.3) is 0 Å². The zero-order chi connectivity index (χ0) is 14.5. The van der Waals surface area contributed by atoms with E-state index in [1.165, 1.54) is 17.7 Å². The number of halogens is 1. The van der Waals surface area contributed by atoms with Crippen LogP contribution >= 0.6 is 0 Å². The van der Waals surface area contributed by atoms with Gasteiger partial charge in [-0.2, -0.15) is 5.10 Å². The van der Waals surface area contributed by atoms with Gasteiger partial charge in [0.05, 0.1) is 17.6 Å². The average Bonchev–Trinajstić information content (AvgIpc) is 2.83. The molecule has 108 valence electrons. The predicted molar refractivity (Wildman–Crippen MR) is 79.6 cm³/mol. The monoisotopic (exact) mass is 275 g/mol. The fraction of sp³-hybridized carbons (Fsp3) is 0.438. The van der Waals surface area contributed by atoms with Gasteiger partial charge in [-0.25, -0.2) is 9.07 Å². The van der Waals surface area contributed by atoms with E-state index in [9.17, 15) is 4.39 Å². The second kappa shape index (κ2) is 6.66. The van der Waals surface area contributed by atoms with Crippen LogP contribution in [-0.2, 0) is 6.54 Å². The summed E-state index contributed by atoms with van der Waals surface area (Å²) in [5.74, 6) is 0.0950. The fourth-order valence-corrected chi connectivity index (χ4v) is 2.36. The second-order valence-corrected chi connectivity index (χ2v) is 5.28. The van der Waals surface area contributed by atoms with Crippen molar-refractivity contribution in [1.29, 1.82) is 0 Å². The van der Waals surface area contributed by atoms with Crippen molar-refractivity contribution in [1.82, 2.24) is 15.1 Å². The Morgan fingerprint density at radius 2 is 2.15 bits per heavy atom. The van der Waals surface area contributed by atoms with Crippen molar-refractivity contribution in [2.75, 3.05) is 6.54 Å². The van der Waals surface area contributed by atoms with Gasteiger partial charge in [0, 0.05) is 12.1 Å². The summed E-state index contributed by atoms with van der Waals surface area (Å²) in [5.41, 5.74) is 3.09. The van der Waals surface area contributed by atoms with Crippen LogP contribution in [0.5, 0.6) is 0 Å². The minimum Gasteiger partial charge on any atom is -0.313 e. The lowest BCUT2D eigenvalue weighted by Gasteiger charge is -2.13. The molecule has 1 N–H and O–H groups in total. The highest BCUT2D eigenvalue weighted by atomic mass is 19.1. The number of hydrogen-bond acceptors (Lipinski definition) is 2. The zero-order valence-electron chi connectivity index (χ0n) is 12.4. The average molecular weight is 275 g/mol. The molecule has 0 unspecified atom stereocenters. The highest BCUT2D eigenvalue weighted by Gasteiger charge is 2.15. The molecule has 0 atom stereocenters. The molecule has 0 aliphatic heterocycles. The van der Waals surface area contributed by atoms with Gasteiger partial charge in [-0.15, -0.1) is 0 Å². The summed E-state index contributed by atoms with van der Waals surface area (Å²) < 4.78 is 15.2. The molecule has 0 saturated heterocycles. The highest BCUT2D eigenvalue weighted by Crippen LogP contribution is 2.23. The summed E-state index contributed by atoms with van der Waals surface area (Å²) in [7, 11) is 0. The van der Waals surface area contributed by atoms with Crippen molar-refractivity contribution in [2.45, 2.75) is 39.7 Å². The van der Waals surface area contributed by atoms with Gasteiger partial charge >= 0.3 is 0 Å². The quantitative estimate of drug-likeness (QED) is 0.816. The molecular formula is C16H22FN3. The summed E-state index contributed by atoms with van der Waals surface area (Å²) in [5, 5.41) is 7.83. The number of benzene rings is 1. The Morgan fingerprint density at radius 3 is 2.80 bits per heavy atom. The number of aromatic nitrogens is 2. The van der Waals surface area contributed by atoms with Crippen LogP contribution in [0.25, 0.3) is 5.69 Å². The molecule has 2 rings (SSSR count). The maximum absolute atomic E-state index is 13.4. The maximum Gasteiger partial charge on any atom is 0.125 e. The number of rotatable bonds is 6. The first-order valence-corrected chi connectivity index (χ1v) is 7.17. The van der Waals surface area contributed by atoms with Gasteiger partial charge in [-0.1, -0.05) is 26.8 Å². The van der Waals surface area contributed by atoms with E-state index in [2.05, 4.69) is 31.2 Å². The van der Waals surface area contributed by atoms with Crippen LogP contribution in [0.3, 0.4) is 0 Å². The molecule has 2 aromatic rings. The third-order valence-corrected chi connectivity index (χ3v) is 3.23. The number of nitrogens with one attached hydrogen (secondary N) is 1. The van der Waals surface area contributed by atoms with Crippen LogP contribution in [0, 0.1) is 5.82 Å². The smallest absolute Gasteiger partial charge is 0.125 e. The van der Waals surface area contributed by atoms with E-state index in [0.29, 0.717) is 5.92 Å². The first kappa shape index (κ1) is 14.7. The lowest BCUT2D eigenvalue weighted by molar-refractivity contribution is 0.623. The fourth-order valence-electron chi connectivity index (χ4n) is 2.36. The van der Waals surface area contributed by atoms with Crippen LogP contribution in [0.2, 0.25) is 0 Å². The molecular weight excluding hydrogens is 253 g/mol. The van der Waals surface area contributed by atoms with Gasteiger partial charge in [0.15, 0.2) is 0 Å². The minimum absolute atomic E-state index is 0.238. The molecule has 0 amide bonds. The molecule has 0 bridgehead atoms. The Bertz CT molecular complexity index is 561. The van der Waals surface area contributed by atoms with Crippen LogP contribution < -0.4 is 5.32 Å². The SMILES string of the molecule is CCCNCc1cnn(-c2cccc(F)c2)c1C(C)C. The molecule has 0 fully saturated rings. The molecule has 4 heteroatoms. The number of hydrogen-bond donors (Lipinski definition) is 1. The Balaban J connectivity index is 2.34. The Kier molecular flexibility index (Phi) is 4.90. The third kappa shape index (κ3) is 3.25. The summed E-state index contributed by atoms with van der Waals surface area (Å²) in [4.78, 5) is 0. The van der Waals surface area contributed by atoms with Crippen LogP contribution in [0.4, 0.5) is 4.39 Å². The molecule has 20 heavy (non-hydrogen) atoms. The van der Waals surface area contributed by atoms with Crippen molar-refractivity contribution < 1.29 is 4.39 Å². The minimum atomic E-state index is -0.238. The molecule has 1 aromatic carbocycles. The summed E-state index contributed by atoms with van der Waals surface area (Å²) in [6, 6.07) is 6.56. The molecule has 0 spiro atoms. The van der Waals surface area contributed by atoms with Crippen molar-refractivity contribution >= 4 is 0 Å². The summed E-state index contributed by atoms with van der Waals surface area (Å²) in [6.45, 7) is 8.21. The van der Waals surface area contributed by atoms with Crippen LogP contribution in [0.15, 0.2) is 30.5 Å². The first-order valence-electron chi connectivity index (χ1n) is 7.17. The van der Waals surface area contributed by atoms with E-state index in [-0.39, 0.29) is 5.82 Å².